The maximum absolute atomic E-state index is 11.4. The van der Waals surface area contributed by atoms with Gasteiger partial charge in [-0.3, -0.25) is 4.79 Å². The summed E-state index contributed by atoms with van der Waals surface area (Å²) in [5.41, 5.74) is 0. The van der Waals surface area contributed by atoms with E-state index in [2.05, 4.69) is 4.74 Å². The molecule has 0 aromatic carbocycles. The zero-order chi connectivity index (χ0) is 10.5. The highest BCUT2D eigenvalue weighted by Crippen LogP contribution is 2.46. The van der Waals surface area contributed by atoms with Gasteiger partial charge in [-0.25, -0.2) is 4.79 Å². The maximum atomic E-state index is 11.4. The highest BCUT2D eigenvalue weighted by atomic mass is 16.5. The van der Waals surface area contributed by atoms with Crippen molar-refractivity contribution in [1.82, 2.24) is 4.90 Å². The molecule has 0 aromatic heterocycles. The molecule has 0 aromatic rings. The van der Waals surface area contributed by atoms with E-state index in [1.807, 2.05) is 0 Å². The number of hydrogen-bond acceptors (Lipinski definition) is 4. The predicted molar refractivity (Wildman–Crippen MR) is 46.2 cm³/mol. The highest BCUT2D eigenvalue weighted by molar-refractivity contribution is 5.86. The van der Waals surface area contributed by atoms with Crippen molar-refractivity contribution in [3.8, 4) is 0 Å². The van der Waals surface area contributed by atoms with Crippen molar-refractivity contribution >= 4 is 11.9 Å². The van der Waals surface area contributed by atoms with Gasteiger partial charge in [-0.15, -0.1) is 0 Å². The number of fused-ring (bicyclic) bond motifs is 1. The molecule has 2 saturated heterocycles. The van der Waals surface area contributed by atoms with Gasteiger partial charge in [-0.1, -0.05) is 0 Å². The third-order valence-electron chi connectivity index (χ3n) is 3.22. The highest BCUT2D eigenvalue weighted by Gasteiger charge is 2.61. The van der Waals surface area contributed by atoms with E-state index in [4.69, 9.17) is 0 Å². The Hall–Kier alpha value is -1.10. The summed E-state index contributed by atoms with van der Waals surface area (Å²) in [4.78, 5) is 24.1. The number of methoxy groups -OCH3 is 1. The quantitative estimate of drug-likeness (QED) is 0.442. The Kier molecular flexibility index (Phi) is 1.99. The zero-order valence-corrected chi connectivity index (χ0v) is 8.14. The van der Waals surface area contributed by atoms with Gasteiger partial charge in [0.05, 0.1) is 19.3 Å². The van der Waals surface area contributed by atoms with E-state index in [1.54, 1.807) is 0 Å². The molecule has 4 atom stereocenters. The number of amides is 1. The molecule has 5 heteroatoms. The molecule has 2 heterocycles. The molecule has 3 fully saturated rings. The van der Waals surface area contributed by atoms with Crippen molar-refractivity contribution in [3.05, 3.63) is 0 Å². The minimum absolute atomic E-state index is 0.128. The van der Waals surface area contributed by atoms with Crippen LogP contribution in [0.15, 0.2) is 0 Å². The SMILES string of the molecule is COC(=O)[C@H]1[C@H]2C[C@H]([C@H]2O)N1C([13CH3])=O. The molecule has 3 rings (SSSR count). The molecule has 5 nitrogen and oxygen atoms in total. The first-order valence-electron chi connectivity index (χ1n) is 4.62. The molecule has 0 unspecified atom stereocenters. The summed E-state index contributed by atoms with van der Waals surface area (Å²) >= 11 is 0. The van der Waals surface area contributed by atoms with E-state index >= 15 is 0 Å². The van der Waals surface area contributed by atoms with Gasteiger partial charge in [-0.05, 0) is 6.42 Å². The van der Waals surface area contributed by atoms with Crippen LogP contribution in [0.3, 0.4) is 0 Å². The number of esters is 1. The van der Waals surface area contributed by atoms with E-state index in [-0.39, 0.29) is 17.9 Å². The Morgan fingerprint density at radius 3 is 2.57 bits per heavy atom. The van der Waals surface area contributed by atoms with E-state index in [1.165, 1.54) is 18.9 Å². The third kappa shape index (κ3) is 0.987. The van der Waals surface area contributed by atoms with E-state index in [0.29, 0.717) is 6.42 Å². The van der Waals surface area contributed by atoms with Crippen molar-refractivity contribution in [2.24, 2.45) is 5.92 Å². The van der Waals surface area contributed by atoms with Crippen LogP contribution in [0.2, 0.25) is 0 Å². The normalized spacial score (nSPS) is 39.2. The molecule has 0 radical (unpaired) electrons. The minimum atomic E-state index is -0.572. The lowest BCUT2D eigenvalue weighted by molar-refractivity contribution is -0.150. The summed E-state index contributed by atoms with van der Waals surface area (Å²) in [6, 6.07) is -0.751. The van der Waals surface area contributed by atoms with Crippen LogP contribution < -0.4 is 0 Å². The van der Waals surface area contributed by atoms with Crippen LogP contribution in [0.25, 0.3) is 0 Å². The molecule has 1 aliphatic carbocycles. The van der Waals surface area contributed by atoms with Crippen LogP contribution in [0.4, 0.5) is 0 Å². The first-order valence-corrected chi connectivity index (χ1v) is 4.62. The molecule has 3 aliphatic rings. The molecular weight excluding hydrogens is 187 g/mol. The molecule has 1 amide bonds. The van der Waals surface area contributed by atoms with Crippen molar-refractivity contribution < 1.29 is 19.4 Å². The lowest BCUT2D eigenvalue weighted by Crippen LogP contribution is -2.44. The molecule has 0 spiro atoms. The standard InChI is InChI=1S/C9H13NO4/c1-4(11)10-6-3-5(8(6)12)7(10)9(13)14-2/h5-8,12H,3H2,1-2H3/t5-,6-,7-,8+/m1/s1/i1+1. The number of nitrogens with zero attached hydrogens (tertiary/aromatic N) is 1. The number of ether oxygens (including phenoxy) is 1. The van der Waals surface area contributed by atoms with Crippen molar-refractivity contribution in [1.29, 1.82) is 0 Å². The Balaban J connectivity index is 2.23. The molecule has 1 N–H and O–H groups in total. The number of aliphatic hydroxyl groups excluding tert-OH is 1. The Morgan fingerprint density at radius 1 is 1.50 bits per heavy atom. The minimum Gasteiger partial charge on any atom is -0.467 e. The van der Waals surface area contributed by atoms with Crippen LogP contribution in [0.1, 0.15) is 13.3 Å². The second-order valence-electron chi connectivity index (χ2n) is 3.85. The number of carbonyl (C=O) groups excluding carboxylic acids is 2. The monoisotopic (exact) mass is 200 g/mol. The maximum Gasteiger partial charge on any atom is 0.328 e. The number of aliphatic hydroxyl groups is 1. The average Bonchev–Trinajstić information content (AvgIpc) is 2.68. The molecule has 14 heavy (non-hydrogen) atoms. The smallest absolute Gasteiger partial charge is 0.328 e. The Bertz CT molecular complexity index is 291. The van der Waals surface area contributed by atoms with Gasteiger partial charge in [-0.2, -0.15) is 0 Å². The van der Waals surface area contributed by atoms with Crippen molar-refractivity contribution in [2.75, 3.05) is 7.11 Å². The second kappa shape index (κ2) is 2.95. The molecule has 78 valence electrons. The van der Waals surface area contributed by atoms with Crippen molar-refractivity contribution in [2.45, 2.75) is 31.5 Å². The van der Waals surface area contributed by atoms with Gasteiger partial charge in [0, 0.05) is 12.8 Å². The van der Waals surface area contributed by atoms with E-state index < -0.39 is 18.1 Å². The van der Waals surface area contributed by atoms with Crippen molar-refractivity contribution in [3.63, 3.8) is 0 Å². The summed E-state index contributed by atoms with van der Waals surface area (Å²) < 4.78 is 4.62. The topological polar surface area (TPSA) is 66.8 Å². The van der Waals surface area contributed by atoms with Gasteiger partial charge in [0.15, 0.2) is 0 Å². The number of carbonyl (C=O) groups is 2. The van der Waals surface area contributed by atoms with Crippen LogP contribution >= 0.6 is 0 Å². The van der Waals surface area contributed by atoms with Crippen LogP contribution in [-0.4, -0.2) is 47.2 Å². The summed E-state index contributed by atoms with van der Waals surface area (Å²) in [6.07, 6.45) is 0.156. The van der Waals surface area contributed by atoms with Gasteiger partial charge in [0.25, 0.3) is 0 Å². The lowest BCUT2D eigenvalue weighted by Gasteiger charge is -2.31. The van der Waals surface area contributed by atoms with Crippen LogP contribution in [-0.2, 0) is 14.3 Å². The number of hydrogen-bond donors (Lipinski definition) is 1. The molecule has 2 bridgehead atoms. The van der Waals surface area contributed by atoms with Gasteiger partial charge < -0.3 is 14.7 Å². The molecule has 1 saturated carbocycles. The average molecular weight is 200 g/mol. The first-order chi connectivity index (χ1) is 6.57. The summed E-state index contributed by atoms with van der Waals surface area (Å²) in [5, 5.41) is 9.58. The largest absolute Gasteiger partial charge is 0.467 e. The Morgan fingerprint density at radius 2 is 2.14 bits per heavy atom. The fourth-order valence-corrected chi connectivity index (χ4v) is 2.49. The summed E-state index contributed by atoms with van der Waals surface area (Å²) in [7, 11) is 1.29. The fourth-order valence-electron chi connectivity index (χ4n) is 2.49. The summed E-state index contributed by atoms with van der Waals surface area (Å²) in [5.74, 6) is -0.731. The molecule has 2 aliphatic heterocycles. The van der Waals surface area contributed by atoms with E-state index in [0.717, 1.165) is 0 Å². The fraction of sp³-hybridized carbons (Fsp3) is 0.778. The third-order valence-corrected chi connectivity index (χ3v) is 3.22. The number of rotatable bonds is 1. The Labute approximate surface area is 81.6 Å². The van der Waals surface area contributed by atoms with Gasteiger partial charge in [0.2, 0.25) is 5.91 Å². The second-order valence-corrected chi connectivity index (χ2v) is 3.85. The zero-order valence-electron chi connectivity index (χ0n) is 8.14. The van der Waals surface area contributed by atoms with Crippen LogP contribution in [0.5, 0.6) is 0 Å². The summed E-state index contributed by atoms with van der Waals surface area (Å²) in [6.45, 7) is 1.41. The van der Waals surface area contributed by atoms with Gasteiger partial charge >= 0.3 is 5.97 Å². The molecular formula is C9H13NO4. The first kappa shape index (κ1) is 9.45. The lowest BCUT2D eigenvalue weighted by atomic mass is 9.79. The van der Waals surface area contributed by atoms with Gasteiger partial charge in [0.1, 0.15) is 6.04 Å². The predicted octanol–water partition coefficient (Wildman–Crippen LogP) is -0.861. The van der Waals surface area contributed by atoms with E-state index in [9.17, 15) is 14.7 Å². The van der Waals surface area contributed by atoms with Crippen LogP contribution in [0, 0.1) is 5.92 Å².